The van der Waals surface area contributed by atoms with Crippen LogP contribution in [0.5, 0.6) is 11.5 Å². The van der Waals surface area contributed by atoms with Crippen molar-refractivity contribution in [2.75, 3.05) is 4.90 Å². The number of nitrogens with zero attached hydrogens (tertiary/aromatic N) is 1. The van der Waals surface area contributed by atoms with E-state index < -0.39 is 24.5 Å². The summed E-state index contributed by atoms with van der Waals surface area (Å²) in [5.41, 5.74) is 3.90. The monoisotopic (exact) mass is 487 g/mol. The SMILES string of the molecule is C=CC(=O)OC(C)Oc1ccc(N(c2ccc(C)cc2)c2ccc(OC(C)OC(=O)C=C)cc2)cc1. The van der Waals surface area contributed by atoms with E-state index in [0.717, 1.165) is 34.8 Å². The summed E-state index contributed by atoms with van der Waals surface area (Å²) in [7, 11) is 0. The minimum Gasteiger partial charge on any atom is -0.455 e. The summed E-state index contributed by atoms with van der Waals surface area (Å²) in [6.07, 6.45) is 0.672. The molecule has 3 aromatic rings. The Kier molecular flexibility index (Phi) is 8.89. The molecule has 3 rings (SSSR count). The second-order valence-corrected chi connectivity index (χ2v) is 7.81. The van der Waals surface area contributed by atoms with Gasteiger partial charge in [0.25, 0.3) is 0 Å². The first kappa shape index (κ1) is 26.1. The van der Waals surface area contributed by atoms with E-state index in [9.17, 15) is 9.59 Å². The van der Waals surface area contributed by atoms with E-state index in [1.807, 2.05) is 79.7 Å². The maximum atomic E-state index is 11.4. The molecule has 0 aliphatic carbocycles. The molecule has 0 heterocycles. The van der Waals surface area contributed by atoms with Gasteiger partial charge in [0.1, 0.15) is 11.5 Å². The minimum absolute atomic E-state index is 0.551. The molecular weight excluding hydrogens is 458 g/mol. The molecule has 0 spiro atoms. The van der Waals surface area contributed by atoms with Crippen molar-refractivity contribution in [1.29, 1.82) is 0 Å². The Hall–Kier alpha value is -4.52. The zero-order chi connectivity index (χ0) is 26.1. The smallest absolute Gasteiger partial charge is 0.333 e. The standard InChI is InChI=1S/C29H29NO6/c1-6-28(31)35-21(4)33-26-16-12-24(13-17-26)30(23-10-8-20(3)9-11-23)25-14-18-27(19-15-25)34-22(5)36-29(32)7-2/h6-19,21-22H,1-2H2,3-5H3. The van der Waals surface area contributed by atoms with Gasteiger partial charge in [0.15, 0.2) is 0 Å². The van der Waals surface area contributed by atoms with Crippen LogP contribution in [0.3, 0.4) is 0 Å². The summed E-state index contributed by atoms with van der Waals surface area (Å²) in [6, 6.07) is 23.1. The lowest BCUT2D eigenvalue weighted by atomic mass is 10.1. The molecule has 2 atom stereocenters. The lowest BCUT2D eigenvalue weighted by molar-refractivity contribution is -0.156. The van der Waals surface area contributed by atoms with Crippen LogP contribution in [0.4, 0.5) is 17.1 Å². The van der Waals surface area contributed by atoms with E-state index in [2.05, 4.69) is 18.1 Å². The number of hydrogen-bond donors (Lipinski definition) is 0. The molecule has 7 heteroatoms. The summed E-state index contributed by atoms with van der Waals surface area (Å²) < 4.78 is 21.5. The van der Waals surface area contributed by atoms with Gasteiger partial charge < -0.3 is 23.8 Å². The molecule has 0 saturated heterocycles. The molecule has 0 aromatic heterocycles. The molecule has 0 fully saturated rings. The quantitative estimate of drug-likeness (QED) is 0.177. The molecule has 0 bridgehead atoms. The van der Waals surface area contributed by atoms with Gasteiger partial charge in [-0.2, -0.15) is 0 Å². The molecule has 0 saturated carbocycles. The Morgan fingerprint density at radius 1 is 0.667 bits per heavy atom. The summed E-state index contributed by atoms with van der Waals surface area (Å²) in [5.74, 6) is 0.00765. The number of carbonyl (C=O) groups is 2. The van der Waals surface area contributed by atoms with Gasteiger partial charge in [-0.3, -0.25) is 0 Å². The first-order valence-corrected chi connectivity index (χ1v) is 11.4. The maximum Gasteiger partial charge on any atom is 0.333 e. The molecule has 3 aromatic carbocycles. The highest BCUT2D eigenvalue weighted by molar-refractivity contribution is 5.81. The summed E-state index contributed by atoms with van der Waals surface area (Å²) in [6.45, 7) is 12.1. The summed E-state index contributed by atoms with van der Waals surface area (Å²) in [4.78, 5) is 24.8. The fourth-order valence-corrected chi connectivity index (χ4v) is 3.34. The van der Waals surface area contributed by atoms with E-state index >= 15 is 0 Å². The third kappa shape index (κ3) is 7.24. The molecule has 0 aliphatic heterocycles. The van der Waals surface area contributed by atoms with Gasteiger partial charge in [0.2, 0.25) is 12.6 Å². The first-order valence-electron chi connectivity index (χ1n) is 11.4. The van der Waals surface area contributed by atoms with Crippen molar-refractivity contribution in [3.05, 3.63) is 104 Å². The number of ether oxygens (including phenoxy) is 4. The molecular formula is C29H29NO6. The zero-order valence-electron chi connectivity index (χ0n) is 20.5. The van der Waals surface area contributed by atoms with Crippen molar-refractivity contribution in [2.45, 2.75) is 33.4 Å². The molecule has 2 unspecified atom stereocenters. The number of anilines is 3. The number of esters is 2. The van der Waals surface area contributed by atoms with Gasteiger partial charge in [-0.1, -0.05) is 30.9 Å². The van der Waals surface area contributed by atoms with Crippen molar-refractivity contribution in [3.63, 3.8) is 0 Å². The highest BCUT2D eigenvalue weighted by Crippen LogP contribution is 2.36. The maximum absolute atomic E-state index is 11.4. The first-order chi connectivity index (χ1) is 17.3. The van der Waals surface area contributed by atoms with Crippen molar-refractivity contribution in [2.24, 2.45) is 0 Å². The molecule has 0 radical (unpaired) electrons. The van der Waals surface area contributed by atoms with Crippen LogP contribution >= 0.6 is 0 Å². The van der Waals surface area contributed by atoms with Gasteiger partial charge in [0.05, 0.1) is 0 Å². The van der Waals surface area contributed by atoms with Crippen LogP contribution in [-0.4, -0.2) is 24.5 Å². The third-order valence-electron chi connectivity index (χ3n) is 4.98. The van der Waals surface area contributed by atoms with E-state index in [-0.39, 0.29) is 0 Å². The van der Waals surface area contributed by atoms with Crippen LogP contribution in [0.25, 0.3) is 0 Å². The largest absolute Gasteiger partial charge is 0.455 e. The number of carbonyl (C=O) groups excluding carboxylic acids is 2. The number of aryl methyl sites for hydroxylation is 1. The fraction of sp³-hybridized carbons (Fsp3) is 0.172. The van der Waals surface area contributed by atoms with E-state index in [1.165, 1.54) is 0 Å². The van der Waals surface area contributed by atoms with Crippen molar-refractivity contribution >= 4 is 29.0 Å². The lowest BCUT2D eigenvalue weighted by Gasteiger charge is -2.26. The van der Waals surface area contributed by atoms with E-state index in [0.29, 0.717) is 11.5 Å². The predicted octanol–water partition coefficient (Wildman–Crippen LogP) is 6.37. The molecule has 0 aliphatic rings. The minimum atomic E-state index is -0.754. The lowest BCUT2D eigenvalue weighted by Crippen LogP contribution is -2.19. The Labute approximate surface area is 211 Å². The van der Waals surface area contributed by atoms with Crippen molar-refractivity contribution < 1.29 is 28.5 Å². The van der Waals surface area contributed by atoms with Crippen LogP contribution in [0, 0.1) is 6.92 Å². The van der Waals surface area contributed by atoms with Gasteiger partial charge >= 0.3 is 11.9 Å². The second-order valence-electron chi connectivity index (χ2n) is 7.81. The van der Waals surface area contributed by atoms with Crippen LogP contribution in [0.2, 0.25) is 0 Å². The van der Waals surface area contributed by atoms with E-state index in [1.54, 1.807) is 13.8 Å². The summed E-state index contributed by atoms with van der Waals surface area (Å²) >= 11 is 0. The zero-order valence-corrected chi connectivity index (χ0v) is 20.5. The van der Waals surface area contributed by atoms with Gasteiger partial charge in [-0.15, -0.1) is 0 Å². The van der Waals surface area contributed by atoms with Gasteiger partial charge in [0, 0.05) is 43.1 Å². The predicted molar refractivity (Wildman–Crippen MR) is 139 cm³/mol. The van der Waals surface area contributed by atoms with Crippen molar-refractivity contribution in [3.8, 4) is 11.5 Å². The molecule has 0 amide bonds. The third-order valence-corrected chi connectivity index (χ3v) is 4.98. The Bertz CT molecular complexity index is 1110. The Morgan fingerprint density at radius 3 is 1.33 bits per heavy atom. The number of benzene rings is 3. The van der Waals surface area contributed by atoms with Crippen LogP contribution in [0.15, 0.2) is 98.1 Å². The van der Waals surface area contributed by atoms with Gasteiger partial charge in [-0.05, 0) is 67.6 Å². The Balaban J connectivity index is 1.83. The fourth-order valence-electron chi connectivity index (χ4n) is 3.34. The highest BCUT2D eigenvalue weighted by Gasteiger charge is 2.15. The molecule has 36 heavy (non-hydrogen) atoms. The van der Waals surface area contributed by atoms with E-state index in [4.69, 9.17) is 18.9 Å². The molecule has 0 N–H and O–H groups in total. The van der Waals surface area contributed by atoms with Crippen LogP contribution < -0.4 is 14.4 Å². The highest BCUT2D eigenvalue weighted by atomic mass is 16.7. The van der Waals surface area contributed by atoms with Gasteiger partial charge in [-0.25, -0.2) is 9.59 Å². The topological polar surface area (TPSA) is 74.3 Å². The molecule has 186 valence electrons. The average molecular weight is 488 g/mol. The average Bonchev–Trinajstić information content (AvgIpc) is 2.87. The summed E-state index contributed by atoms with van der Waals surface area (Å²) in [5, 5.41) is 0. The second kappa shape index (κ2) is 12.3. The molecule has 7 nitrogen and oxygen atoms in total. The van der Waals surface area contributed by atoms with Crippen LogP contribution in [0.1, 0.15) is 19.4 Å². The van der Waals surface area contributed by atoms with Crippen molar-refractivity contribution in [1.82, 2.24) is 0 Å². The Morgan fingerprint density at radius 2 is 1.00 bits per heavy atom. The number of rotatable bonds is 11. The normalized spacial score (nSPS) is 12.0. The van der Waals surface area contributed by atoms with Crippen LogP contribution in [-0.2, 0) is 19.1 Å². The number of hydrogen-bond acceptors (Lipinski definition) is 7.